The Balaban J connectivity index is 2.09. The van der Waals surface area contributed by atoms with Crippen LogP contribution in [0.25, 0.3) is 10.9 Å². The molecule has 0 atom stereocenters. The molecule has 0 N–H and O–H groups in total. The first-order valence-corrected chi connectivity index (χ1v) is 12.1. The highest BCUT2D eigenvalue weighted by Gasteiger charge is 2.40. The summed E-state index contributed by atoms with van der Waals surface area (Å²) in [6.07, 6.45) is 2.61. The number of fused-ring (bicyclic) bond motifs is 1. The van der Waals surface area contributed by atoms with Gasteiger partial charge in [-0.3, -0.25) is 0 Å². The molecule has 0 bridgehead atoms. The number of aryl methyl sites for hydroxylation is 1. The van der Waals surface area contributed by atoms with Crippen molar-refractivity contribution in [3.05, 3.63) is 23.9 Å². The highest BCUT2D eigenvalue weighted by Crippen LogP contribution is 2.42. The van der Waals surface area contributed by atoms with Crippen LogP contribution in [-0.4, -0.2) is 26.0 Å². The molecule has 4 heteroatoms. The molecule has 3 rings (SSSR count). The van der Waals surface area contributed by atoms with E-state index < -0.39 is 8.32 Å². The summed E-state index contributed by atoms with van der Waals surface area (Å²) in [6, 6.07) is 6.87. The SMILES string of the molecule is Cc1c(O[Si](C)(C)C(C)(C)C)c2cc(N3CCCC3)ccc2n1C. The molecule has 0 unspecified atom stereocenters. The molecule has 0 amide bonds. The van der Waals surface area contributed by atoms with E-state index in [9.17, 15) is 0 Å². The van der Waals surface area contributed by atoms with Gasteiger partial charge in [0.05, 0.1) is 11.2 Å². The number of benzene rings is 1. The van der Waals surface area contributed by atoms with Gasteiger partial charge in [-0.1, -0.05) is 20.8 Å². The van der Waals surface area contributed by atoms with Gasteiger partial charge in [0.15, 0.2) is 0 Å². The number of nitrogens with zero attached hydrogens (tertiary/aromatic N) is 2. The minimum Gasteiger partial charge on any atom is -0.542 e. The lowest BCUT2D eigenvalue weighted by Crippen LogP contribution is -2.44. The van der Waals surface area contributed by atoms with Crippen LogP contribution in [0.5, 0.6) is 5.75 Å². The molecule has 0 radical (unpaired) electrons. The second-order valence-electron chi connectivity index (χ2n) is 8.73. The Bertz CT molecular complexity index is 749. The summed E-state index contributed by atoms with van der Waals surface area (Å²) < 4.78 is 9.02. The standard InChI is InChI=1S/C20H32N2OSi/c1-15-19(23-24(6,7)20(2,3)4)17-14-16(22-12-8-9-13-22)10-11-18(17)21(15)5/h10-11,14H,8-9,12-13H2,1-7H3. The van der Waals surface area contributed by atoms with Gasteiger partial charge in [-0.15, -0.1) is 0 Å². The van der Waals surface area contributed by atoms with Crippen molar-refractivity contribution < 1.29 is 4.43 Å². The molecule has 0 saturated carbocycles. The molecular weight excluding hydrogens is 312 g/mol. The largest absolute Gasteiger partial charge is 0.542 e. The van der Waals surface area contributed by atoms with Crippen LogP contribution in [0.3, 0.4) is 0 Å². The van der Waals surface area contributed by atoms with Crippen molar-refractivity contribution in [2.75, 3.05) is 18.0 Å². The third-order valence-corrected chi connectivity index (χ3v) is 10.4. The summed E-state index contributed by atoms with van der Waals surface area (Å²) in [4.78, 5) is 2.50. The minimum atomic E-state index is -1.86. The molecule has 1 saturated heterocycles. The third-order valence-electron chi connectivity index (χ3n) is 6.05. The fraction of sp³-hybridized carbons (Fsp3) is 0.600. The van der Waals surface area contributed by atoms with Gasteiger partial charge < -0.3 is 13.9 Å². The lowest BCUT2D eigenvalue weighted by molar-refractivity contribution is 0.491. The Hall–Kier alpha value is -1.42. The van der Waals surface area contributed by atoms with Gasteiger partial charge in [0.25, 0.3) is 8.32 Å². The Morgan fingerprint density at radius 1 is 1.08 bits per heavy atom. The van der Waals surface area contributed by atoms with Crippen molar-refractivity contribution in [1.29, 1.82) is 0 Å². The Morgan fingerprint density at radius 3 is 2.29 bits per heavy atom. The van der Waals surface area contributed by atoms with Gasteiger partial charge in [0.1, 0.15) is 5.75 Å². The second-order valence-corrected chi connectivity index (χ2v) is 13.5. The zero-order valence-electron chi connectivity index (χ0n) is 16.4. The van der Waals surface area contributed by atoms with E-state index in [1.54, 1.807) is 0 Å². The molecule has 0 aliphatic carbocycles. The van der Waals surface area contributed by atoms with E-state index in [0.717, 1.165) is 5.75 Å². The normalized spacial score (nSPS) is 16.2. The Kier molecular flexibility index (Phi) is 4.23. The van der Waals surface area contributed by atoms with Gasteiger partial charge in [0, 0.05) is 31.2 Å². The van der Waals surface area contributed by atoms with Crippen molar-refractivity contribution in [3.8, 4) is 5.75 Å². The molecule has 2 heterocycles. The number of anilines is 1. The molecule has 3 nitrogen and oxygen atoms in total. The van der Waals surface area contributed by atoms with Crippen molar-refractivity contribution in [2.45, 2.75) is 58.7 Å². The van der Waals surface area contributed by atoms with E-state index in [2.05, 4.69) is 75.5 Å². The van der Waals surface area contributed by atoms with Crippen LogP contribution in [0.15, 0.2) is 18.2 Å². The minimum absolute atomic E-state index is 0.203. The van der Waals surface area contributed by atoms with Gasteiger partial charge in [0.2, 0.25) is 0 Å². The van der Waals surface area contributed by atoms with E-state index in [-0.39, 0.29) is 5.04 Å². The van der Waals surface area contributed by atoms with Crippen LogP contribution >= 0.6 is 0 Å². The lowest BCUT2D eigenvalue weighted by atomic mass is 10.2. The molecule has 0 spiro atoms. The highest BCUT2D eigenvalue weighted by atomic mass is 28.4. The predicted molar refractivity (Wildman–Crippen MR) is 107 cm³/mol. The van der Waals surface area contributed by atoms with Gasteiger partial charge in [-0.05, 0) is 56.1 Å². The van der Waals surface area contributed by atoms with Gasteiger partial charge >= 0.3 is 0 Å². The number of rotatable bonds is 3. The highest BCUT2D eigenvalue weighted by molar-refractivity contribution is 6.74. The first kappa shape index (κ1) is 17.4. The van der Waals surface area contributed by atoms with Gasteiger partial charge in [-0.25, -0.2) is 0 Å². The van der Waals surface area contributed by atoms with Crippen LogP contribution in [0.1, 0.15) is 39.3 Å². The molecule has 1 aromatic carbocycles. The van der Waals surface area contributed by atoms with Crippen LogP contribution in [0.4, 0.5) is 5.69 Å². The maximum absolute atomic E-state index is 6.75. The monoisotopic (exact) mass is 344 g/mol. The number of hydrogen-bond donors (Lipinski definition) is 0. The molecule has 132 valence electrons. The first-order valence-electron chi connectivity index (χ1n) is 9.15. The van der Waals surface area contributed by atoms with Crippen molar-refractivity contribution in [3.63, 3.8) is 0 Å². The summed E-state index contributed by atoms with van der Waals surface area (Å²) in [7, 11) is 0.288. The summed E-state index contributed by atoms with van der Waals surface area (Å²) in [5.74, 6) is 1.10. The van der Waals surface area contributed by atoms with Crippen LogP contribution in [0, 0.1) is 6.92 Å². The lowest BCUT2D eigenvalue weighted by Gasteiger charge is -2.36. The zero-order valence-corrected chi connectivity index (χ0v) is 17.4. The smallest absolute Gasteiger partial charge is 0.250 e. The fourth-order valence-corrected chi connectivity index (χ4v) is 4.31. The summed E-state index contributed by atoms with van der Waals surface area (Å²) in [5.41, 5.74) is 3.84. The van der Waals surface area contributed by atoms with Crippen molar-refractivity contribution in [2.24, 2.45) is 7.05 Å². The van der Waals surface area contributed by atoms with E-state index >= 15 is 0 Å². The number of hydrogen-bond acceptors (Lipinski definition) is 2. The van der Waals surface area contributed by atoms with Crippen molar-refractivity contribution in [1.82, 2.24) is 4.57 Å². The third kappa shape index (κ3) is 2.85. The zero-order chi connectivity index (χ0) is 17.7. The van der Waals surface area contributed by atoms with E-state index in [1.165, 1.54) is 48.2 Å². The van der Waals surface area contributed by atoms with Crippen molar-refractivity contribution >= 4 is 24.9 Å². The average molecular weight is 345 g/mol. The molecule has 2 aromatic rings. The molecule has 1 aliphatic heterocycles. The van der Waals surface area contributed by atoms with E-state index in [4.69, 9.17) is 4.43 Å². The van der Waals surface area contributed by atoms with Crippen LogP contribution in [-0.2, 0) is 7.05 Å². The molecule has 1 fully saturated rings. The summed E-state index contributed by atoms with van der Waals surface area (Å²) in [5, 5.41) is 1.47. The fourth-order valence-electron chi connectivity index (χ4n) is 3.24. The topological polar surface area (TPSA) is 17.4 Å². The summed E-state index contributed by atoms with van der Waals surface area (Å²) >= 11 is 0. The van der Waals surface area contributed by atoms with Gasteiger partial charge in [-0.2, -0.15) is 0 Å². The summed E-state index contributed by atoms with van der Waals surface area (Å²) in [6.45, 7) is 16.1. The quantitative estimate of drug-likeness (QED) is 0.687. The van der Waals surface area contributed by atoms with Crippen LogP contribution < -0.4 is 9.33 Å². The molecule has 1 aliphatic rings. The average Bonchev–Trinajstić information content (AvgIpc) is 3.10. The first-order chi connectivity index (χ1) is 11.1. The van der Waals surface area contributed by atoms with Crippen LogP contribution in [0.2, 0.25) is 18.1 Å². The van der Waals surface area contributed by atoms with E-state index in [0.29, 0.717) is 0 Å². The molecule has 24 heavy (non-hydrogen) atoms. The predicted octanol–water partition coefficient (Wildman–Crippen LogP) is 5.47. The Labute approximate surface area is 147 Å². The second kappa shape index (κ2) is 5.83. The molecular formula is C20H32N2OSi. The maximum atomic E-state index is 6.75. The number of aromatic nitrogens is 1. The maximum Gasteiger partial charge on any atom is 0.250 e. The Morgan fingerprint density at radius 2 is 1.71 bits per heavy atom. The van der Waals surface area contributed by atoms with E-state index in [1.807, 2.05) is 0 Å². The molecule has 1 aromatic heterocycles.